The molecule has 0 radical (unpaired) electrons. The van der Waals surface area contributed by atoms with Gasteiger partial charge >= 0.3 is 5.97 Å². The van der Waals surface area contributed by atoms with Gasteiger partial charge in [-0.05, 0) is 31.8 Å². The molecule has 112 valence electrons. The molecule has 1 saturated heterocycles. The highest BCUT2D eigenvalue weighted by Crippen LogP contribution is 2.21. The smallest absolute Gasteiger partial charge is 0.358 e. The van der Waals surface area contributed by atoms with Crippen LogP contribution in [0.4, 0.5) is 0 Å². The minimum atomic E-state index is -3.72. The van der Waals surface area contributed by atoms with E-state index in [1.165, 1.54) is 12.6 Å². The van der Waals surface area contributed by atoms with Gasteiger partial charge in [0.25, 0.3) is 10.0 Å². The fourth-order valence-electron chi connectivity index (χ4n) is 2.05. The third-order valence-corrected chi connectivity index (χ3v) is 5.91. The van der Waals surface area contributed by atoms with Gasteiger partial charge in [-0.15, -0.1) is 11.3 Å². The zero-order chi connectivity index (χ0) is 14.6. The second-order valence-corrected chi connectivity index (χ2v) is 7.36. The molecule has 0 spiro atoms. The highest BCUT2D eigenvalue weighted by molar-refractivity contribution is 7.91. The quantitative estimate of drug-likeness (QED) is 0.753. The number of piperidine rings is 1. The van der Waals surface area contributed by atoms with E-state index in [9.17, 15) is 13.2 Å². The molecular weight excluding hydrogens is 302 g/mol. The maximum absolute atomic E-state index is 12.2. The number of hydrogen-bond donors (Lipinski definition) is 2. The van der Waals surface area contributed by atoms with Crippen LogP contribution in [0.2, 0.25) is 0 Å². The van der Waals surface area contributed by atoms with Gasteiger partial charge in [-0.25, -0.2) is 22.9 Å². The van der Waals surface area contributed by atoms with Gasteiger partial charge in [0.2, 0.25) is 0 Å². The van der Waals surface area contributed by atoms with E-state index in [1.54, 1.807) is 0 Å². The maximum Gasteiger partial charge on any atom is 0.358 e. The number of esters is 1. The standard InChI is InChI=1S/C11H17N3O4S2/c1-18-10(15)9-11(19-7-13-9)20(16,17)14-6-8-3-2-4-12-5-8/h7-8,12,14H,2-6H2,1H3. The summed E-state index contributed by atoms with van der Waals surface area (Å²) in [5.41, 5.74) is 1.16. The second kappa shape index (κ2) is 6.61. The summed E-state index contributed by atoms with van der Waals surface area (Å²) in [6, 6.07) is 0. The fraction of sp³-hybridized carbons (Fsp3) is 0.636. The van der Waals surface area contributed by atoms with Crippen LogP contribution >= 0.6 is 11.3 Å². The molecule has 0 saturated carbocycles. The van der Waals surface area contributed by atoms with Crippen LogP contribution in [0.25, 0.3) is 0 Å². The van der Waals surface area contributed by atoms with Crippen molar-refractivity contribution in [2.24, 2.45) is 5.92 Å². The Kier molecular flexibility index (Phi) is 5.08. The lowest BCUT2D eigenvalue weighted by atomic mass is 10.0. The van der Waals surface area contributed by atoms with E-state index in [2.05, 4.69) is 19.8 Å². The molecule has 9 heteroatoms. The molecule has 2 rings (SSSR count). The van der Waals surface area contributed by atoms with E-state index in [0.29, 0.717) is 6.54 Å². The number of hydrogen-bond acceptors (Lipinski definition) is 7. The first kappa shape index (κ1) is 15.4. The summed E-state index contributed by atoms with van der Waals surface area (Å²) in [6.45, 7) is 2.13. The molecule has 1 aliphatic rings. The van der Waals surface area contributed by atoms with Gasteiger partial charge in [0.05, 0.1) is 12.6 Å². The number of carbonyl (C=O) groups excluding carboxylic acids is 1. The molecule has 7 nitrogen and oxygen atoms in total. The van der Waals surface area contributed by atoms with Gasteiger partial charge in [-0.1, -0.05) is 0 Å². The molecule has 2 heterocycles. The minimum absolute atomic E-state index is 0.0897. The molecule has 1 aromatic heterocycles. The van der Waals surface area contributed by atoms with Crippen molar-refractivity contribution in [3.63, 3.8) is 0 Å². The number of ether oxygens (including phenoxy) is 1. The highest BCUT2D eigenvalue weighted by atomic mass is 32.2. The largest absolute Gasteiger partial charge is 0.464 e. The van der Waals surface area contributed by atoms with E-state index in [-0.39, 0.29) is 15.8 Å². The Bertz CT molecular complexity index is 564. The van der Waals surface area contributed by atoms with Crippen LogP contribution in [-0.4, -0.2) is 46.1 Å². The zero-order valence-electron chi connectivity index (χ0n) is 11.1. The average Bonchev–Trinajstić information content (AvgIpc) is 2.96. The fourth-order valence-corrected chi connectivity index (χ4v) is 4.34. The van der Waals surface area contributed by atoms with Gasteiger partial charge in [0.15, 0.2) is 9.90 Å². The van der Waals surface area contributed by atoms with Crippen LogP contribution in [0.1, 0.15) is 23.3 Å². The molecule has 0 amide bonds. The number of nitrogens with zero attached hydrogens (tertiary/aromatic N) is 1. The lowest BCUT2D eigenvalue weighted by molar-refractivity contribution is 0.0590. The number of carbonyl (C=O) groups is 1. The summed E-state index contributed by atoms with van der Waals surface area (Å²) in [5, 5.41) is 3.23. The molecule has 1 atom stereocenters. The molecule has 2 N–H and O–H groups in total. The van der Waals surface area contributed by atoms with Gasteiger partial charge in [-0.2, -0.15) is 0 Å². The van der Waals surface area contributed by atoms with Crippen LogP contribution in [0.5, 0.6) is 0 Å². The van der Waals surface area contributed by atoms with Crippen molar-refractivity contribution in [1.82, 2.24) is 15.0 Å². The monoisotopic (exact) mass is 319 g/mol. The van der Waals surface area contributed by atoms with Crippen molar-refractivity contribution in [2.45, 2.75) is 17.1 Å². The van der Waals surface area contributed by atoms with Crippen molar-refractivity contribution in [1.29, 1.82) is 0 Å². The SMILES string of the molecule is COC(=O)c1ncsc1S(=O)(=O)NCC1CCCNC1. The number of thiazole rings is 1. The van der Waals surface area contributed by atoms with E-state index in [4.69, 9.17) is 0 Å². The molecule has 0 bridgehead atoms. The molecule has 1 aliphatic heterocycles. The first-order chi connectivity index (χ1) is 9.54. The Hall–Kier alpha value is -1.03. The lowest BCUT2D eigenvalue weighted by Gasteiger charge is -2.22. The Morgan fingerprint density at radius 3 is 3.10 bits per heavy atom. The number of sulfonamides is 1. The first-order valence-electron chi connectivity index (χ1n) is 6.27. The molecule has 0 aliphatic carbocycles. The van der Waals surface area contributed by atoms with Crippen molar-refractivity contribution in [2.75, 3.05) is 26.7 Å². The van der Waals surface area contributed by atoms with Crippen LogP contribution in [0, 0.1) is 5.92 Å². The molecule has 1 aromatic rings. The van der Waals surface area contributed by atoms with Crippen molar-refractivity contribution in [3.05, 3.63) is 11.2 Å². The van der Waals surface area contributed by atoms with Gasteiger partial charge < -0.3 is 10.1 Å². The number of nitrogens with one attached hydrogen (secondary N) is 2. The van der Waals surface area contributed by atoms with Crippen LogP contribution in [0.3, 0.4) is 0 Å². The molecular formula is C11H17N3O4S2. The molecule has 1 fully saturated rings. The summed E-state index contributed by atoms with van der Waals surface area (Å²) in [6.07, 6.45) is 2.03. The van der Waals surface area contributed by atoms with Crippen molar-refractivity contribution in [3.8, 4) is 0 Å². The van der Waals surface area contributed by atoms with Crippen LogP contribution in [0.15, 0.2) is 9.72 Å². The number of aromatic nitrogens is 1. The van der Waals surface area contributed by atoms with Crippen molar-refractivity contribution >= 4 is 27.3 Å². The summed E-state index contributed by atoms with van der Waals surface area (Å²) in [5.74, 6) is -0.473. The van der Waals surface area contributed by atoms with E-state index in [0.717, 1.165) is 37.3 Å². The van der Waals surface area contributed by atoms with Gasteiger partial charge in [0.1, 0.15) is 0 Å². The van der Waals surface area contributed by atoms with Gasteiger partial charge in [-0.3, -0.25) is 0 Å². The third-order valence-electron chi connectivity index (χ3n) is 3.12. The number of methoxy groups -OCH3 is 1. The second-order valence-electron chi connectivity index (χ2n) is 4.54. The minimum Gasteiger partial charge on any atom is -0.464 e. The lowest BCUT2D eigenvalue weighted by Crippen LogP contribution is -2.38. The summed E-state index contributed by atoms with van der Waals surface area (Å²) in [7, 11) is -2.53. The predicted molar refractivity (Wildman–Crippen MR) is 74.2 cm³/mol. The Morgan fingerprint density at radius 2 is 2.45 bits per heavy atom. The Labute approximate surface area is 121 Å². The zero-order valence-corrected chi connectivity index (χ0v) is 12.7. The summed E-state index contributed by atoms with van der Waals surface area (Å²) >= 11 is 0.909. The first-order valence-corrected chi connectivity index (χ1v) is 8.63. The van der Waals surface area contributed by atoms with E-state index >= 15 is 0 Å². The van der Waals surface area contributed by atoms with Crippen molar-refractivity contribution < 1.29 is 17.9 Å². The topological polar surface area (TPSA) is 97.4 Å². The summed E-state index contributed by atoms with van der Waals surface area (Å²) in [4.78, 5) is 15.2. The van der Waals surface area contributed by atoms with Crippen LogP contribution in [-0.2, 0) is 14.8 Å². The normalized spacial score (nSPS) is 19.8. The Morgan fingerprint density at radius 1 is 1.65 bits per heavy atom. The highest BCUT2D eigenvalue weighted by Gasteiger charge is 2.27. The average molecular weight is 319 g/mol. The predicted octanol–water partition coefficient (Wildman–Crippen LogP) is 0.208. The van der Waals surface area contributed by atoms with Gasteiger partial charge in [0, 0.05) is 6.54 Å². The third kappa shape index (κ3) is 3.54. The van der Waals surface area contributed by atoms with E-state index < -0.39 is 16.0 Å². The summed E-state index contributed by atoms with van der Waals surface area (Å²) < 4.78 is 31.4. The van der Waals surface area contributed by atoms with E-state index in [1.807, 2.05) is 0 Å². The maximum atomic E-state index is 12.2. The molecule has 0 aromatic carbocycles. The molecule has 1 unspecified atom stereocenters. The Balaban J connectivity index is 2.06. The number of rotatable bonds is 5. The van der Waals surface area contributed by atoms with Crippen LogP contribution < -0.4 is 10.0 Å². The molecule has 20 heavy (non-hydrogen) atoms.